The number of hydrogen-bond donors (Lipinski definition) is 0. The van der Waals surface area contributed by atoms with E-state index >= 15 is 0 Å². The van der Waals surface area contributed by atoms with E-state index in [1.165, 1.54) is 19.3 Å². The van der Waals surface area contributed by atoms with Gasteiger partial charge in [-0.15, -0.1) is 0 Å². The Kier molecular flexibility index (Phi) is 18.0. The molecule has 1 aromatic carbocycles. The van der Waals surface area contributed by atoms with Crippen molar-refractivity contribution in [2.45, 2.75) is 114 Å². The summed E-state index contributed by atoms with van der Waals surface area (Å²) < 4.78 is 14.0. The molecule has 0 unspecified atom stereocenters. The number of halogens is 1. The highest BCUT2D eigenvalue weighted by Crippen LogP contribution is 2.28. The highest BCUT2D eigenvalue weighted by atomic mass is 19.1. The molecule has 0 heterocycles. The molecular weight excluding hydrogens is 411 g/mol. The van der Waals surface area contributed by atoms with Gasteiger partial charge in [-0.1, -0.05) is 74.7 Å². The summed E-state index contributed by atoms with van der Waals surface area (Å²) in [6.07, 6.45) is 7.80. The van der Waals surface area contributed by atoms with E-state index in [1.54, 1.807) is 17.9 Å². The lowest BCUT2D eigenvalue weighted by Crippen LogP contribution is -2.12. The van der Waals surface area contributed by atoms with Gasteiger partial charge in [-0.25, -0.2) is 4.39 Å². The lowest BCUT2D eigenvalue weighted by atomic mass is 9.88. The van der Waals surface area contributed by atoms with E-state index in [2.05, 4.69) is 32.7 Å². The lowest BCUT2D eigenvalue weighted by molar-refractivity contribution is -0.120. The van der Waals surface area contributed by atoms with Gasteiger partial charge in [0.2, 0.25) is 0 Å². The van der Waals surface area contributed by atoms with Crippen molar-refractivity contribution >= 4 is 22.9 Å². The van der Waals surface area contributed by atoms with Gasteiger partial charge in [0.25, 0.3) is 0 Å². The molecule has 4 heteroatoms. The first kappa shape index (κ1) is 33.5. The Labute approximate surface area is 205 Å². The molecule has 0 spiro atoms. The third-order valence-electron chi connectivity index (χ3n) is 5.29. The molecule has 0 aromatic heterocycles. The minimum Gasteiger partial charge on any atom is -0.375 e. The maximum atomic E-state index is 14.0. The summed E-state index contributed by atoms with van der Waals surface area (Å²) in [6.45, 7) is 20.4. The van der Waals surface area contributed by atoms with Gasteiger partial charge in [0, 0.05) is 38.2 Å². The molecule has 1 fully saturated rings. The average Bonchev–Trinajstić information content (AvgIpc) is 2.71. The Morgan fingerprint density at radius 1 is 1.15 bits per heavy atom. The van der Waals surface area contributed by atoms with E-state index in [0.29, 0.717) is 17.0 Å². The summed E-state index contributed by atoms with van der Waals surface area (Å²) in [5, 5.41) is 0. The highest BCUT2D eigenvalue weighted by Gasteiger charge is 2.14. The minimum absolute atomic E-state index is 0.173. The number of ketones is 1. The van der Waals surface area contributed by atoms with E-state index in [4.69, 9.17) is 0 Å². The van der Waals surface area contributed by atoms with Gasteiger partial charge in [-0.2, -0.15) is 0 Å². The molecule has 1 aliphatic rings. The van der Waals surface area contributed by atoms with Gasteiger partial charge >= 0.3 is 0 Å². The largest absolute Gasteiger partial charge is 0.375 e. The molecule has 0 atom stereocenters. The Bertz CT molecular complexity index is 698. The van der Waals surface area contributed by atoms with E-state index in [1.807, 2.05) is 54.8 Å². The van der Waals surface area contributed by atoms with Crippen LogP contribution in [0.1, 0.15) is 113 Å². The molecule has 0 amide bonds. The summed E-state index contributed by atoms with van der Waals surface area (Å²) in [7, 11) is 3.66. The van der Waals surface area contributed by atoms with Gasteiger partial charge in [0.1, 0.15) is 5.78 Å². The van der Waals surface area contributed by atoms with Crippen LogP contribution in [0.4, 0.5) is 15.8 Å². The van der Waals surface area contributed by atoms with E-state index < -0.39 is 0 Å². The number of hydrogen-bond acceptors (Lipinski definition) is 3. The van der Waals surface area contributed by atoms with Gasteiger partial charge < -0.3 is 4.90 Å². The van der Waals surface area contributed by atoms with E-state index in [0.717, 1.165) is 43.0 Å². The minimum atomic E-state index is -0.185. The summed E-state index contributed by atoms with van der Waals surface area (Å²) in [6, 6.07) is 3.64. The van der Waals surface area contributed by atoms with Crippen molar-refractivity contribution in [3.63, 3.8) is 0 Å². The summed E-state index contributed by atoms with van der Waals surface area (Å²) in [5.74, 6) is 1.28. The van der Waals surface area contributed by atoms with Crippen molar-refractivity contribution in [3.05, 3.63) is 23.5 Å². The van der Waals surface area contributed by atoms with Crippen LogP contribution in [-0.2, 0) is 4.79 Å². The topological polar surface area (TPSA) is 32.7 Å². The van der Waals surface area contributed by atoms with Crippen molar-refractivity contribution in [1.29, 1.82) is 0 Å². The molecule has 0 radical (unpaired) electrons. The van der Waals surface area contributed by atoms with Crippen LogP contribution in [0.15, 0.2) is 17.1 Å². The molecule has 33 heavy (non-hydrogen) atoms. The molecule has 192 valence electrons. The second kappa shape index (κ2) is 17.7. The maximum absolute atomic E-state index is 14.0. The number of carbonyl (C=O) groups excluding carboxylic acids is 1. The Hall–Kier alpha value is -1.71. The van der Waals surface area contributed by atoms with Crippen LogP contribution in [0.25, 0.3) is 0 Å². The number of aliphatic imine (C=N–C) groups is 1. The van der Waals surface area contributed by atoms with Crippen molar-refractivity contribution < 1.29 is 9.18 Å². The maximum Gasteiger partial charge on any atom is 0.151 e. The number of carbonyl (C=O) groups is 1. The quantitative estimate of drug-likeness (QED) is 0.393. The fourth-order valence-corrected chi connectivity index (χ4v) is 2.98. The van der Waals surface area contributed by atoms with Crippen LogP contribution in [0.3, 0.4) is 0 Å². The van der Waals surface area contributed by atoms with Gasteiger partial charge in [0.15, 0.2) is 5.82 Å². The SMILES string of the molecule is CC.CC1CCC1.CCC(C)=Nc1ccc(N(C)C)c(F)c1C.CCCC(=O)CC(C)(C)C. The zero-order valence-electron chi connectivity index (χ0n) is 23.9. The number of nitrogens with zero attached hydrogens (tertiary/aromatic N) is 2. The van der Waals surface area contributed by atoms with Crippen LogP contribution in [0, 0.1) is 24.1 Å². The van der Waals surface area contributed by atoms with Gasteiger partial charge in [-0.3, -0.25) is 9.79 Å². The first-order valence-electron chi connectivity index (χ1n) is 12.8. The van der Waals surface area contributed by atoms with Crippen molar-refractivity contribution in [2.75, 3.05) is 19.0 Å². The molecule has 1 aliphatic carbocycles. The average molecular weight is 465 g/mol. The van der Waals surface area contributed by atoms with Crippen LogP contribution in [0.5, 0.6) is 0 Å². The second-order valence-corrected chi connectivity index (χ2v) is 10.2. The molecule has 3 nitrogen and oxygen atoms in total. The smallest absolute Gasteiger partial charge is 0.151 e. The lowest BCUT2D eigenvalue weighted by Gasteiger charge is -2.18. The number of rotatable bonds is 6. The van der Waals surface area contributed by atoms with Crippen LogP contribution < -0.4 is 4.90 Å². The molecule has 0 N–H and O–H groups in total. The molecule has 0 aliphatic heterocycles. The van der Waals surface area contributed by atoms with Gasteiger partial charge in [0.05, 0.1) is 11.4 Å². The first-order valence-corrected chi connectivity index (χ1v) is 12.8. The van der Waals surface area contributed by atoms with Crippen molar-refractivity contribution in [2.24, 2.45) is 16.3 Å². The molecule has 2 rings (SSSR count). The molecule has 0 saturated heterocycles. The van der Waals surface area contributed by atoms with Crippen LogP contribution in [0.2, 0.25) is 0 Å². The van der Waals surface area contributed by atoms with E-state index in [-0.39, 0.29) is 11.2 Å². The van der Waals surface area contributed by atoms with Crippen molar-refractivity contribution in [3.8, 4) is 0 Å². The van der Waals surface area contributed by atoms with Crippen LogP contribution >= 0.6 is 0 Å². The predicted octanol–water partition coefficient (Wildman–Crippen LogP) is 9.33. The second-order valence-electron chi connectivity index (χ2n) is 10.2. The standard InChI is InChI=1S/C13H19FN2.C9H18O.C5H10.C2H6/c1-6-9(2)15-11-7-8-12(16(4)5)13(14)10(11)3;1-5-6-8(10)7-9(2,3)4;1-5-3-2-4-5;1-2/h7-8H,6H2,1-5H3;5-7H2,1-4H3;5H,2-4H2,1H3;1-2H3. The van der Waals surface area contributed by atoms with Gasteiger partial charge in [-0.05, 0) is 50.2 Å². The zero-order chi connectivity index (χ0) is 26.2. The third kappa shape index (κ3) is 15.7. The molecular formula is C29H53FN2O. The number of anilines is 1. The fourth-order valence-electron chi connectivity index (χ4n) is 2.98. The van der Waals surface area contributed by atoms with Crippen molar-refractivity contribution in [1.82, 2.24) is 0 Å². The number of benzene rings is 1. The molecule has 1 aromatic rings. The first-order chi connectivity index (χ1) is 15.3. The zero-order valence-corrected chi connectivity index (χ0v) is 23.9. The number of Topliss-reactive ketones (excluding diaryl/α,β-unsaturated/α-hetero) is 1. The Morgan fingerprint density at radius 2 is 1.67 bits per heavy atom. The molecule has 1 saturated carbocycles. The predicted molar refractivity (Wildman–Crippen MR) is 147 cm³/mol. The monoisotopic (exact) mass is 464 g/mol. The summed E-state index contributed by atoms with van der Waals surface area (Å²) in [4.78, 5) is 17.2. The van der Waals surface area contributed by atoms with Crippen LogP contribution in [-0.4, -0.2) is 25.6 Å². The fraction of sp³-hybridized carbons (Fsp3) is 0.724. The molecule has 0 bridgehead atoms. The highest BCUT2D eigenvalue weighted by molar-refractivity contribution is 5.84. The summed E-state index contributed by atoms with van der Waals surface area (Å²) in [5.41, 5.74) is 3.12. The summed E-state index contributed by atoms with van der Waals surface area (Å²) >= 11 is 0. The van der Waals surface area contributed by atoms with E-state index in [9.17, 15) is 9.18 Å². The normalized spacial score (nSPS) is 13.3. The Morgan fingerprint density at radius 3 is 2.00 bits per heavy atom. The Balaban J connectivity index is 0. The third-order valence-corrected chi connectivity index (χ3v) is 5.29.